The molecule has 2 aromatic carbocycles. The lowest BCUT2D eigenvalue weighted by Crippen LogP contribution is -2.12. The van der Waals surface area contributed by atoms with Gasteiger partial charge in [0.15, 0.2) is 0 Å². The Kier molecular flexibility index (Phi) is 7.39. The van der Waals surface area contributed by atoms with Crippen LogP contribution in [0, 0.1) is 20.8 Å². The standard InChI is InChI=1S/C17H24O.C12H18O/c1-12-10-15(13-6-2-3-7-13)17(18)16(11-12)14-8-4-5-9-14;1-8-6-9(2)11(13)10(7-8)12(3,4)5/h10-11,13-14,18H,2-9H2,1H3;6-7,13H,1-5H3. The lowest BCUT2D eigenvalue weighted by Gasteiger charge is -2.22. The van der Waals surface area contributed by atoms with Gasteiger partial charge in [-0.3, -0.25) is 0 Å². The monoisotopic (exact) mass is 422 g/mol. The van der Waals surface area contributed by atoms with E-state index >= 15 is 0 Å². The van der Waals surface area contributed by atoms with Gasteiger partial charge >= 0.3 is 0 Å². The minimum atomic E-state index is 0.0147. The Labute approximate surface area is 189 Å². The van der Waals surface area contributed by atoms with E-state index in [1.54, 1.807) is 0 Å². The van der Waals surface area contributed by atoms with Gasteiger partial charge in [0.25, 0.3) is 0 Å². The van der Waals surface area contributed by atoms with Crippen LogP contribution in [-0.4, -0.2) is 10.2 Å². The Balaban J connectivity index is 0.000000187. The van der Waals surface area contributed by atoms with E-state index in [-0.39, 0.29) is 5.41 Å². The maximum absolute atomic E-state index is 10.6. The molecule has 31 heavy (non-hydrogen) atoms. The summed E-state index contributed by atoms with van der Waals surface area (Å²) in [6.07, 6.45) is 10.4. The molecule has 0 bridgehead atoms. The summed E-state index contributed by atoms with van der Waals surface area (Å²) in [4.78, 5) is 0. The first-order valence-electron chi connectivity index (χ1n) is 12.2. The van der Waals surface area contributed by atoms with Crippen LogP contribution in [0.15, 0.2) is 24.3 Å². The third kappa shape index (κ3) is 5.64. The highest BCUT2D eigenvalue weighted by molar-refractivity contribution is 5.48. The zero-order valence-corrected chi connectivity index (χ0v) is 20.5. The van der Waals surface area contributed by atoms with Crippen LogP contribution in [0.3, 0.4) is 0 Å². The molecule has 0 radical (unpaired) electrons. The van der Waals surface area contributed by atoms with Gasteiger partial charge in [-0.2, -0.15) is 0 Å². The lowest BCUT2D eigenvalue weighted by molar-refractivity contribution is 0.442. The zero-order chi connectivity index (χ0) is 22.8. The molecule has 4 rings (SSSR count). The van der Waals surface area contributed by atoms with Crippen LogP contribution < -0.4 is 0 Å². The number of hydrogen-bond acceptors (Lipinski definition) is 2. The van der Waals surface area contributed by atoms with Crippen molar-refractivity contribution in [1.82, 2.24) is 0 Å². The SMILES string of the molecule is Cc1cc(C)c(O)c(C(C)(C)C)c1.Cc1cc(C2CCCC2)c(O)c(C2CCCC2)c1. The van der Waals surface area contributed by atoms with Gasteiger partial charge in [-0.15, -0.1) is 0 Å². The molecule has 0 aromatic heterocycles. The molecule has 2 aliphatic rings. The molecule has 2 fully saturated rings. The maximum atomic E-state index is 10.6. The molecule has 0 atom stereocenters. The van der Waals surface area contributed by atoms with Crippen molar-refractivity contribution in [3.63, 3.8) is 0 Å². The quantitative estimate of drug-likeness (QED) is 0.511. The Bertz CT molecular complexity index is 855. The summed E-state index contributed by atoms with van der Waals surface area (Å²) in [5.41, 5.74) is 7.04. The van der Waals surface area contributed by atoms with E-state index in [0.717, 1.165) is 11.1 Å². The van der Waals surface area contributed by atoms with E-state index in [9.17, 15) is 10.2 Å². The molecule has 0 aliphatic heterocycles. The van der Waals surface area contributed by atoms with Crippen molar-refractivity contribution in [1.29, 1.82) is 0 Å². The highest BCUT2D eigenvalue weighted by Gasteiger charge is 2.26. The van der Waals surface area contributed by atoms with E-state index < -0.39 is 0 Å². The van der Waals surface area contributed by atoms with Gasteiger partial charge in [0.2, 0.25) is 0 Å². The van der Waals surface area contributed by atoms with Gasteiger partial charge in [0.05, 0.1) is 0 Å². The minimum absolute atomic E-state index is 0.0147. The number of aryl methyl sites for hydroxylation is 3. The van der Waals surface area contributed by atoms with Crippen LogP contribution in [0.2, 0.25) is 0 Å². The number of phenolic OH excluding ortho intramolecular Hbond substituents is 2. The topological polar surface area (TPSA) is 40.5 Å². The first-order chi connectivity index (χ1) is 14.6. The fourth-order valence-electron chi connectivity index (χ4n) is 5.46. The average molecular weight is 423 g/mol. The third-order valence-electron chi connectivity index (χ3n) is 7.16. The van der Waals surface area contributed by atoms with Crippen LogP contribution in [0.25, 0.3) is 0 Å². The number of rotatable bonds is 2. The van der Waals surface area contributed by atoms with Gasteiger partial charge in [0.1, 0.15) is 11.5 Å². The van der Waals surface area contributed by atoms with Crippen LogP contribution in [0.4, 0.5) is 0 Å². The van der Waals surface area contributed by atoms with Crippen LogP contribution in [-0.2, 0) is 5.41 Å². The molecule has 2 nitrogen and oxygen atoms in total. The molecule has 170 valence electrons. The predicted molar refractivity (Wildman–Crippen MR) is 132 cm³/mol. The third-order valence-corrected chi connectivity index (χ3v) is 7.16. The van der Waals surface area contributed by atoms with E-state index in [0.29, 0.717) is 23.3 Å². The first-order valence-corrected chi connectivity index (χ1v) is 12.2. The highest BCUT2D eigenvalue weighted by Crippen LogP contribution is 2.45. The second-order valence-electron chi connectivity index (χ2n) is 11.0. The molecule has 2 aromatic rings. The Morgan fingerprint density at radius 2 is 1.06 bits per heavy atom. The fraction of sp³-hybridized carbons (Fsp3) is 0.586. The second kappa shape index (κ2) is 9.67. The van der Waals surface area contributed by atoms with Gasteiger partial charge in [-0.1, -0.05) is 81.8 Å². The molecule has 0 unspecified atom stereocenters. The van der Waals surface area contributed by atoms with Crippen molar-refractivity contribution in [2.75, 3.05) is 0 Å². The fourth-order valence-corrected chi connectivity index (χ4v) is 5.46. The van der Waals surface area contributed by atoms with E-state index in [4.69, 9.17) is 0 Å². The molecule has 0 amide bonds. The van der Waals surface area contributed by atoms with Crippen LogP contribution >= 0.6 is 0 Å². The van der Waals surface area contributed by atoms with Crippen LogP contribution in [0.5, 0.6) is 11.5 Å². The molecule has 0 spiro atoms. The van der Waals surface area contributed by atoms with Crippen molar-refractivity contribution in [2.24, 2.45) is 0 Å². The smallest absolute Gasteiger partial charge is 0.122 e. The number of hydrogen-bond donors (Lipinski definition) is 2. The second-order valence-corrected chi connectivity index (χ2v) is 11.0. The summed E-state index contributed by atoms with van der Waals surface area (Å²) < 4.78 is 0. The van der Waals surface area contributed by atoms with Crippen molar-refractivity contribution < 1.29 is 10.2 Å². The first kappa shape index (κ1) is 23.7. The largest absolute Gasteiger partial charge is 0.507 e. The lowest BCUT2D eigenvalue weighted by atomic mass is 9.84. The molecule has 2 N–H and O–H groups in total. The summed E-state index contributed by atoms with van der Waals surface area (Å²) in [6, 6.07) is 8.51. The molecule has 2 saturated carbocycles. The minimum Gasteiger partial charge on any atom is -0.507 e. The van der Waals surface area contributed by atoms with Crippen LogP contribution in [0.1, 0.15) is 117 Å². The van der Waals surface area contributed by atoms with Gasteiger partial charge in [-0.25, -0.2) is 0 Å². The van der Waals surface area contributed by atoms with E-state index in [1.807, 2.05) is 13.0 Å². The maximum Gasteiger partial charge on any atom is 0.122 e. The average Bonchev–Trinajstić information content (AvgIpc) is 3.40. The summed E-state index contributed by atoms with van der Waals surface area (Å²) >= 11 is 0. The summed E-state index contributed by atoms with van der Waals surface area (Å²) in [6.45, 7) is 12.5. The van der Waals surface area contributed by atoms with Crippen molar-refractivity contribution in [2.45, 2.75) is 110 Å². The predicted octanol–water partition coefficient (Wildman–Crippen LogP) is 8.32. The summed E-state index contributed by atoms with van der Waals surface area (Å²) in [7, 11) is 0. The normalized spacial score (nSPS) is 17.6. The van der Waals surface area contributed by atoms with Gasteiger partial charge in [0, 0.05) is 0 Å². The van der Waals surface area contributed by atoms with Gasteiger partial charge < -0.3 is 10.2 Å². The zero-order valence-electron chi connectivity index (χ0n) is 20.5. The van der Waals surface area contributed by atoms with Gasteiger partial charge in [-0.05, 0) is 86.0 Å². The molecule has 0 saturated heterocycles. The van der Waals surface area contributed by atoms with E-state index in [1.165, 1.54) is 73.6 Å². The molecule has 2 heteroatoms. The molecular formula is C29H42O2. The summed E-state index contributed by atoms with van der Waals surface area (Å²) in [5, 5.41) is 20.5. The molecule has 0 heterocycles. The molecule has 2 aliphatic carbocycles. The highest BCUT2D eigenvalue weighted by atomic mass is 16.3. The van der Waals surface area contributed by atoms with Crippen molar-refractivity contribution in [3.05, 3.63) is 57.6 Å². The Hall–Kier alpha value is -1.96. The molecular weight excluding hydrogens is 380 g/mol. The Morgan fingerprint density at radius 3 is 1.48 bits per heavy atom. The Morgan fingerprint density at radius 1 is 0.645 bits per heavy atom. The number of aromatic hydroxyl groups is 2. The van der Waals surface area contributed by atoms with Crippen molar-refractivity contribution in [3.8, 4) is 11.5 Å². The number of phenols is 2. The van der Waals surface area contributed by atoms with E-state index in [2.05, 4.69) is 52.8 Å². The van der Waals surface area contributed by atoms with Crippen molar-refractivity contribution >= 4 is 0 Å². The number of benzene rings is 2. The summed E-state index contributed by atoms with van der Waals surface area (Å²) in [5.74, 6) is 2.31.